The van der Waals surface area contributed by atoms with E-state index in [0.717, 1.165) is 11.4 Å². The number of anilines is 1. The van der Waals surface area contributed by atoms with Gasteiger partial charge in [-0.05, 0) is 12.5 Å². The van der Waals surface area contributed by atoms with Crippen molar-refractivity contribution >= 4 is 5.69 Å². The fraction of sp³-hybridized carbons (Fsp3) is 0.267. The zero-order valence-corrected chi connectivity index (χ0v) is 12.1. The van der Waals surface area contributed by atoms with Crippen molar-refractivity contribution in [2.24, 2.45) is 7.05 Å². The first-order valence-electron chi connectivity index (χ1n) is 6.80. The normalized spacial score (nSPS) is 10.8. The van der Waals surface area contributed by atoms with E-state index in [2.05, 4.69) is 20.6 Å². The largest absolute Gasteiger partial charge is 0.373 e. The van der Waals surface area contributed by atoms with Crippen molar-refractivity contribution in [2.75, 3.05) is 5.32 Å². The van der Waals surface area contributed by atoms with Crippen LogP contribution in [0.3, 0.4) is 0 Å². The number of nitrogens with zero attached hydrogens (tertiary/aromatic N) is 4. The van der Waals surface area contributed by atoms with Gasteiger partial charge in [-0.3, -0.25) is 4.68 Å². The first-order valence-corrected chi connectivity index (χ1v) is 6.80. The molecule has 0 aliphatic rings. The topological polar surface area (TPSA) is 68.8 Å². The zero-order valence-electron chi connectivity index (χ0n) is 12.1. The lowest BCUT2D eigenvalue weighted by molar-refractivity contribution is 0.378. The third kappa shape index (κ3) is 3.28. The van der Waals surface area contributed by atoms with E-state index in [1.165, 1.54) is 5.56 Å². The summed E-state index contributed by atoms with van der Waals surface area (Å²) in [5.74, 6) is 1.27. The molecule has 0 radical (unpaired) electrons. The van der Waals surface area contributed by atoms with Crippen LogP contribution in [-0.4, -0.2) is 19.9 Å². The lowest BCUT2D eigenvalue weighted by Gasteiger charge is -1.99. The Morgan fingerprint density at radius 3 is 2.76 bits per heavy atom. The quantitative estimate of drug-likeness (QED) is 0.778. The highest BCUT2D eigenvalue weighted by Gasteiger charge is 2.08. The monoisotopic (exact) mass is 283 g/mol. The van der Waals surface area contributed by atoms with Gasteiger partial charge < -0.3 is 9.84 Å². The van der Waals surface area contributed by atoms with Gasteiger partial charge in [-0.15, -0.1) is 0 Å². The molecule has 6 nitrogen and oxygen atoms in total. The maximum Gasteiger partial charge on any atom is 0.245 e. The SMILES string of the molecule is Cc1nn(C)cc1NCc1nc(Cc2ccccc2)no1. The number of hydrogen-bond donors (Lipinski definition) is 1. The molecule has 0 aliphatic heterocycles. The molecule has 0 amide bonds. The van der Waals surface area contributed by atoms with Gasteiger partial charge in [0.1, 0.15) is 0 Å². The number of rotatable bonds is 5. The molecule has 108 valence electrons. The van der Waals surface area contributed by atoms with Crippen LogP contribution in [0.1, 0.15) is 23.0 Å². The fourth-order valence-electron chi connectivity index (χ4n) is 2.16. The summed E-state index contributed by atoms with van der Waals surface area (Å²) < 4.78 is 7.02. The summed E-state index contributed by atoms with van der Waals surface area (Å²) in [6, 6.07) is 10.1. The van der Waals surface area contributed by atoms with E-state index in [1.807, 2.05) is 50.5 Å². The molecule has 0 bridgehead atoms. The molecule has 21 heavy (non-hydrogen) atoms. The van der Waals surface area contributed by atoms with E-state index in [4.69, 9.17) is 4.52 Å². The smallest absolute Gasteiger partial charge is 0.245 e. The minimum absolute atomic E-state index is 0.494. The molecule has 3 aromatic rings. The van der Waals surface area contributed by atoms with Gasteiger partial charge in [0.25, 0.3) is 0 Å². The summed E-state index contributed by atoms with van der Waals surface area (Å²) in [6.45, 7) is 2.45. The Labute approximate surface area is 122 Å². The third-order valence-electron chi connectivity index (χ3n) is 3.16. The van der Waals surface area contributed by atoms with Gasteiger partial charge in [0.15, 0.2) is 5.82 Å². The van der Waals surface area contributed by atoms with Crippen molar-refractivity contribution in [3.8, 4) is 0 Å². The van der Waals surface area contributed by atoms with E-state index < -0.39 is 0 Å². The molecular weight excluding hydrogens is 266 g/mol. The fourth-order valence-corrected chi connectivity index (χ4v) is 2.16. The van der Waals surface area contributed by atoms with Gasteiger partial charge in [0, 0.05) is 19.7 Å². The number of aromatic nitrogens is 4. The highest BCUT2D eigenvalue weighted by Crippen LogP contribution is 2.13. The Morgan fingerprint density at radius 1 is 1.24 bits per heavy atom. The molecule has 3 rings (SSSR count). The molecule has 1 N–H and O–H groups in total. The summed E-state index contributed by atoms with van der Waals surface area (Å²) in [6.07, 6.45) is 2.60. The Kier molecular flexibility index (Phi) is 3.68. The van der Waals surface area contributed by atoms with Crippen molar-refractivity contribution < 1.29 is 4.52 Å². The molecule has 0 fully saturated rings. The van der Waals surface area contributed by atoms with Crippen molar-refractivity contribution in [1.29, 1.82) is 0 Å². The Hall–Kier alpha value is -2.63. The molecule has 1 aromatic carbocycles. The Balaban J connectivity index is 1.61. The second-order valence-electron chi connectivity index (χ2n) is 4.92. The third-order valence-corrected chi connectivity index (χ3v) is 3.16. The zero-order chi connectivity index (χ0) is 14.7. The van der Waals surface area contributed by atoms with Crippen molar-refractivity contribution in [3.05, 3.63) is 59.5 Å². The van der Waals surface area contributed by atoms with E-state index in [0.29, 0.717) is 24.7 Å². The van der Waals surface area contributed by atoms with Crippen LogP contribution in [0.25, 0.3) is 0 Å². The number of hydrogen-bond acceptors (Lipinski definition) is 5. The minimum atomic E-state index is 0.494. The summed E-state index contributed by atoms with van der Waals surface area (Å²) >= 11 is 0. The highest BCUT2D eigenvalue weighted by molar-refractivity contribution is 5.45. The summed E-state index contributed by atoms with van der Waals surface area (Å²) in [4.78, 5) is 4.39. The summed E-state index contributed by atoms with van der Waals surface area (Å²) in [5, 5.41) is 11.5. The molecule has 0 atom stereocenters. The first-order chi connectivity index (χ1) is 10.2. The molecule has 0 saturated carbocycles. The van der Waals surface area contributed by atoms with Gasteiger partial charge in [0.2, 0.25) is 5.89 Å². The van der Waals surface area contributed by atoms with Crippen molar-refractivity contribution in [2.45, 2.75) is 19.9 Å². The number of aryl methyl sites for hydroxylation is 2. The number of benzene rings is 1. The van der Waals surface area contributed by atoms with Crippen LogP contribution in [0.15, 0.2) is 41.1 Å². The predicted molar refractivity (Wildman–Crippen MR) is 78.8 cm³/mol. The average molecular weight is 283 g/mol. The molecule has 0 saturated heterocycles. The molecule has 2 aromatic heterocycles. The van der Waals surface area contributed by atoms with Gasteiger partial charge in [-0.25, -0.2) is 0 Å². The lowest BCUT2D eigenvalue weighted by atomic mass is 10.1. The van der Waals surface area contributed by atoms with Gasteiger partial charge in [-0.2, -0.15) is 10.1 Å². The van der Waals surface area contributed by atoms with Crippen molar-refractivity contribution in [3.63, 3.8) is 0 Å². The van der Waals surface area contributed by atoms with Crippen LogP contribution >= 0.6 is 0 Å². The van der Waals surface area contributed by atoms with Crippen LogP contribution in [-0.2, 0) is 20.0 Å². The molecule has 0 unspecified atom stereocenters. The van der Waals surface area contributed by atoms with E-state index in [9.17, 15) is 0 Å². The highest BCUT2D eigenvalue weighted by atomic mass is 16.5. The summed E-state index contributed by atoms with van der Waals surface area (Å²) in [7, 11) is 1.89. The predicted octanol–water partition coefficient (Wildman–Crippen LogP) is 2.31. The minimum Gasteiger partial charge on any atom is -0.373 e. The average Bonchev–Trinajstić information content (AvgIpc) is 3.04. The molecule has 2 heterocycles. The van der Waals surface area contributed by atoms with Crippen LogP contribution in [0.2, 0.25) is 0 Å². The maximum atomic E-state index is 5.25. The van der Waals surface area contributed by atoms with Gasteiger partial charge in [-0.1, -0.05) is 35.5 Å². The summed E-state index contributed by atoms with van der Waals surface area (Å²) in [5.41, 5.74) is 3.09. The van der Waals surface area contributed by atoms with Crippen LogP contribution in [0.4, 0.5) is 5.69 Å². The van der Waals surface area contributed by atoms with Crippen molar-refractivity contribution in [1.82, 2.24) is 19.9 Å². The molecular formula is C15H17N5O. The van der Waals surface area contributed by atoms with Gasteiger partial charge in [0.05, 0.1) is 17.9 Å². The second-order valence-corrected chi connectivity index (χ2v) is 4.92. The first kappa shape index (κ1) is 13.4. The standard InChI is InChI=1S/C15H17N5O/c1-11-13(10-20(2)18-11)16-9-15-17-14(19-21-15)8-12-6-4-3-5-7-12/h3-7,10,16H,8-9H2,1-2H3. The maximum absolute atomic E-state index is 5.25. The molecule has 6 heteroatoms. The van der Waals surface area contributed by atoms with E-state index in [-0.39, 0.29) is 0 Å². The molecule has 0 spiro atoms. The van der Waals surface area contributed by atoms with E-state index >= 15 is 0 Å². The Morgan fingerprint density at radius 2 is 2.05 bits per heavy atom. The second kappa shape index (κ2) is 5.78. The van der Waals surface area contributed by atoms with E-state index in [1.54, 1.807) is 4.68 Å². The lowest BCUT2D eigenvalue weighted by Crippen LogP contribution is -2.00. The number of nitrogens with one attached hydrogen (secondary N) is 1. The van der Waals surface area contributed by atoms with Gasteiger partial charge >= 0.3 is 0 Å². The van der Waals surface area contributed by atoms with Crippen LogP contribution in [0.5, 0.6) is 0 Å². The molecule has 0 aliphatic carbocycles. The van der Waals surface area contributed by atoms with Crippen LogP contribution in [0, 0.1) is 6.92 Å². The van der Waals surface area contributed by atoms with Crippen LogP contribution < -0.4 is 5.32 Å². The Bertz CT molecular complexity index is 717.